The molecule has 86 valence electrons. The molecular formula is C12H17N3O. The van der Waals surface area contributed by atoms with Gasteiger partial charge in [-0.1, -0.05) is 0 Å². The van der Waals surface area contributed by atoms with Crippen LogP contribution in [-0.2, 0) is 4.79 Å². The lowest BCUT2D eigenvalue weighted by molar-refractivity contribution is -0.122. The van der Waals surface area contributed by atoms with Gasteiger partial charge in [0.25, 0.3) is 0 Å². The van der Waals surface area contributed by atoms with Crippen LogP contribution >= 0.6 is 0 Å². The average molecular weight is 219 g/mol. The number of aryl methyl sites for hydroxylation is 1. The standard InChI is InChI=1S/C12H17N3O/c1-8-5-10(13)7-11(6-8)15-4-3-14-12(16)9(15)2/h5-7,9H,3-4,13H2,1-2H3,(H,14,16). The Labute approximate surface area is 95.4 Å². The Morgan fingerprint density at radius 3 is 2.88 bits per heavy atom. The van der Waals surface area contributed by atoms with Gasteiger partial charge < -0.3 is 16.0 Å². The molecule has 3 N–H and O–H groups in total. The third-order valence-corrected chi connectivity index (χ3v) is 2.91. The van der Waals surface area contributed by atoms with E-state index in [2.05, 4.69) is 16.3 Å². The summed E-state index contributed by atoms with van der Waals surface area (Å²) in [4.78, 5) is 13.6. The Morgan fingerprint density at radius 2 is 2.19 bits per heavy atom. The number of hydrogen-bond donors (Lipinski definition) is 2. The van der Waals surface area contributed by atoms with Crippen LogP contribution in [0.15, 0.2) is 18.2 Å². The highest BCUT2D eigenvalue weighted by Gasteiger charge is 2.25. The van der Waals surface area contributed by atoms with Gasteiger partial charge in [0.1, 0.15) is 6.04 Å². The minimum absolute atomic E-state index is 0.0753. The SMILES string of the molecule is Cc1cc(N)cc(N2CCNC(=O)C2C)c1. The largest absolute Gasteiger partial charge is 0.399 e. The second-order valence-electron chi connectivity index (χ2n) is 4.26. The van der Waals surface area contributed by atoms with E-state index in [9.17, 15) is 4.79 Å². The minimum Gasteiger partial charge on any atom is -0.399 e. The van der Waals surface area contributed by atoms with Crippen LogP contribution in [0.25, 0.3) is 0 Å². The first-order valence-corrected chi connectivity index (χ1v) is 5.49. The molecule has 1 heterocycles. The van der Waals surface area contributed by atoms with E-state index in [4.69, 9.17) is 5.73 Å². The Balaban J connectivity index is 2.32. The second-order valence-corrected chi connectivity index (χ2v) is 4.26. The first-order valence-electron chi connectivity index (χ1n) is 5.49. The molecule has 0 aromatic heterocycles. The van der Waals surface area contributed by atoms with Crippen molar-refractivity contribution in [3.05, 3.63) is 23.8 Å². The number of anilines is 2. The monoisotopic (exact) mass is 219 g/mol. The number of carbonyl (C=O) groups excluding carboxylic acids is 1. The normalized spacial score (nSPS) is 20.8. The molecule has 1 aromatic rings. The molecule has 4 heteroatoms. The van der Waals surface area contributed by atoms with Crippen molar-refractivity contribution in [2.24, 2.45) is 0 Å². The number of benzene rings is 1. The number of nitrogens with zero attached hydrogens (tertiary/aromatic N) is 1. The second kappa shape index (κ2) is 4.04. The van der Waals surface area contributed by atoms with E-state index in [1.165, 1.54) is 0 Å². The third kappa shape index (κ3) is 1.96. The van der Waals surface area contributed by atoms with Crippen LogP contribution < -0.4 is 16.0 Å². The van der Waals surface area contributed by atoms with Gasteiger partial charge in [-0.15, -0.1) is 0 Å². The van der Waals surface area contributed by atoms with Crippen molar-refractivity contribution in [3.63, 3.8) is 0 Å². The van der Waals surface area contributed by atoms with Crippen molar-refractivity contribution in [2.75, 3.05) is 23.7 Å². The van der Waals surface area contributed by atoms with Gasteiger partial charge >= 0.3 is 0 Å². The van der Waals surface area contributed by atoms with Crippen molar-refractivity contribution in [2.45, 2.75) is 19.9 Å². The summed E-state index contributed by atoms with van der Waals surface area (Å²) in [6.07, 6.45) is 0. The molecule has 0 aliphatic carbocycles. The van der Waals surface area contributed by atoms with Crippen LogP contribution in [-0.4, -0.2) is 25.0 Å². The van der Waals surface area contributed by atoms with Gasteiger partial charge in [-0.3, -0.25) is 4.79 Å². The molecule has 0 bridgehead atoms. The lowest BCUT2D eigenvalue weighted by Crippen LogP contribution is -2.54. The molecule has 0 radical (unpaired) electrons. The fraction of sp³-hybridized carbons (Fsp3) is 0.417. The van der Waals surface area contributed by atoms with E-state index < -0.39 is 0 Å². The quantitative estimate of drug-likeness (QED) is 0.690. The first-order chi connectivity index (χ1) is 7.58. The zero-order valence-corrected chi connectivity index (χ0v) is 9.66. The first kappa shape index (κ1) is 10.8. The van der Waals surface area contributed by atoms with Crippen molar-refractivity contribution >= 4 is 17.3 Å². The van der Waals surface area contributed by atoms with Crippen molar-refractivity contribution in [1.29, 1.82) is 0 Å². The molecule has 0 spiro atoms. The highest BCUT2D eigenvalue weighted by molar-refractivity contribution is 5.86. The van der Waals surface area contributed by atoms with Crippen LogP contribution in [0, 0.1) is 6.92 Å². The molecular weight excluding hydrogens is 202 g/mol. The number of amides is 1. The number of nitrogens with two attached hydrogens (primary N) is 1. The molecule has 16 heavy (non-hydrogen) atoms. The summed E-state index contributed by atoms with van der Waals surface area (Å²) >= 11 is 0. The zero-order valence-electron chi connectivity index (χ0n) is 9.66. The molecule has 4 nitrogen and oxygen atoms in total. The number of hydrogen-bond acceptors (Lipinski definition) is 3. The van der Waals surface area contributed by atoms with Crippen molar-refractivity contribution in [1.82, 2.24) is 5.32 Å². The third-order valence-electron chi connectivity index (χ3n) is 2.91. The van der Waals surface area contributed by atoms with E-state index in [1.807, 2.05) is 26.0 Å². The zero-order chi connectivity index (χ0) is 11.7. The van der Waals surface area contributed by atoms with Gasteiger partial charge in [-0.2, -0.15) is 0 Å². The summed E-state index contributed by atoms with van der Waals surface area (Å²) in [6.45, 7) is 5.44. The van der Waals surface area contributed by atoms with Gasteiger partial charge in [0.2, 0.25) is 5.91 Å². The number of nitrogen functional groups attached to an aromatic ring is 1. The fourth-order valence-corrected chi connectivity index (χ4v) is 2.09. The Kier molecular flexibility index (Phi) is 2.73. The van der Waals surface area contributed by atoms with Crippen LogP contribution in [0.1, 0.15) is 12.5 Å². The molecule has 1 aliphatic rings. The Bertz CT molecular complexity index is 396. The number of rotatable bonds is 1. The van der Waals surface area contributed by atoms with E-state index in [-0.39, 0.29) is 11.9 Å². The fourth-order valence-electron chi connectivity index (χ4n) is 2.09. The molecule has 2 rings (SSSR count). The summed E-state index contributed by atoms with van der Waals surface area (Å²) in [5.41, 5.74) is 8.71. The lowest BCUT2D eigenvalue weighted by atomic mass is 10.1. The summed E-state index contributed by atoms with van der Waals surface area (Å²) in [6, 6.07) is 5.78. The van der Waals surface area contributed by atoms with Gasteiger partial charge in [0.15, 0.2) is 0 Å². The number of nitrogens with one attached hydrogen (secondary N) is 1. The molecule has 1 aromatic carbocycles. The van der Waals surface area contributed by atoms with Crippen LogP contribution in [0.4, 0.5) is 11.4 Å². The van der Waals surface area contributed by atoms with E-state index in [0.717, 1.165) is 23.5 Å². The van der Waals surface area contributed by atoms with Gasteiger partial charge in [-0.25, -0.2) is 0 Å². The molecule has 1 atom stereocenters. The maximum absolute atomic E-state index is 11.6. The van der Waals surface area contributed by atoms with Crippen LogP contribution in [0.3, 0.4) is 0 Å². The van der Waals surface area contributed by atoms with E-state index in [1.54, 1.807) is 0 Å². The predicted octanol–water partition coefficient (Wildman–Crippen LogP) is 0.902. The molecule has 1 saturated heterocycles. The molecule has 1 amide bonds. The predicted molar refractivity (Wildman–Crippen MR) is 65.4 cm³/mol. The summed E-state index contributed by atoms with van der Waals surface area (Å²) in [5, 5.41) is 2.85. The summed E-state index contributed by atoms with van der Waals surface area (Å²) in [7, 11) is 0. The maximum Gasteiger partial charge on any atom is 0.242 e. The summed E-state index contributed by atoms with van der Waals surface area (Å²) < 4.78 is 0. The minimum atomic E-state index is -0.130. The molecule has 1 aliphatic heterocycles. The van der Waals surface area contributed by atoms with Crippen LogP contribution in [0.5, 0.6) is 0 Å². The highest BCUT2D eigenvalue weighted by Crippen LogP contribution is 2.23. The number of piperazine rings is 1. The molecule has 1 fully saturated rings. The maximum atomic E-state index is 11.6. The smallest absolute Gasteiger partial charge is 0.242 e. The van der Waals surface area contributed by atoms with E-state index >= 15 is 0 Å². The molecule has 1 unspecified atom stereocenters. The van der Waals surface area contributed by atoms with Crippen molar-refractivity contribution < 1.29 is 4.79 Å². The Morgan fingerprint density at radius 1 is 1.44 bits per heavy atom. The van der Waals surface area contributed by atoms with Gasteiger partial charge in [0.05, 0.1) is 0 Å². The lowest BCUT2D eigenvalue weighted by Gasteiger charge is -2.35. The average Bonchev–Trinajstić information content (AvgIpc) is 2.20. The molecule has 0 saturated carbocycles. The van der Waals surface area contributed by atoms with E-state index in [0.29, 0.717) is 6.54 Å². The number of carbonyl (C=O) groups is 1. The summed E-state index contributed by atoms with van der Waals surface area (Å²) in [5.74, 6) is 0.0753. The van der Waals surface area contributed by atoms with Crippen molar-refractivity contribution in [3.8, 4) is 0 Å². The highest BCUT2D eigenvalue weighted by atomic mass is 16.2. The van der Waals surface area contributed by atoms with Gasteiger partial charge in [0, 0.05) is 24.5 Å². The van der Waals surface area contributed by atoms with Crippen LogP contribution in [0.2, 0.25) is 0 Å². The Hall–Kier alpha value is -1.71. The topological polar surface area (TPSA) is 58.4 Å². The van der Waals surface area contributed by atoms with Gasteiger partial charge in [-0.05, 0) is 37.6 Å².